The maximum absolute atomic E-state index is 11.2. The molecule has 0 aliphatic rings. The number of nitrogens with one attached hydrogen (secondary N) is 1. The molecule has 100 valence electrons. The van der Waals surface area contributed by atoms with Crippen LogP contribution in [-0.2, 0) is 7.05 Å². The molecule has 0 aliphatic heterocycles. The Bertz CT molecular complexity index is 600. The van der Waals surface area contributed by atoms with Gasteiger partial charge >= 0.3 is 5.69 Å². The van der Waals surface area contributed by atoms with Gasteiger partial charge in [0.1, 0.15) is 12.7 Å². The normalized spacial score (nSPS) is 10.4. The molecule has 2 heterocycles. The number of anilines is 1. The van der Waals surface area contributed by atoms with E-state index < -0.39 is 4.92 Å². The standard InChI is InChI=1S/C9H11N7O2S/c1-3-10-7-6(16(17)18)8(12-4-11-7)19-9-14-13-5-15(9)2/h4-5H,3H2,1-2H3,(H,10,11,12). The SMILES string of the molecule is CCNc1ncnc(Sc2nncn2C)c1[N+](=O)[O-]. The summed E-state index contributed by atoms with van der Waals surface area (Å²) in [6.07, 6.45) is 2.80. The quantitative estimate of drug-likeness (QED) is 0.492. The Hall–Kier alpha value is -2.23. The average molecular weight is 281 g/mol. The molecule has 10 heteroatoms. The first-order valence-corrected chi connectivity index (χ1v) is 6.20. The fourth-order valence-corrected chi connectivity index (χ4v) is 2.17. The third-order valence-corrected chi connectivity index (χ3v) is 3.22. The number of hydrogen-bond acceptors (Lipinski definition) is 8. The minimum Gasteiger partial charge on any atom is -0.364 e. The van der Waals surface area contributed by atoms with Gasteiger partial charge in [-0.1, -0.05) is 0 Å². The number of rotatable bonds is 5. The summed E-state index contributed by atoms with van der Waals surface area (Å²) in [6.45, 7) is 2.37. The van der Waals surface area contributed by atoms with Crippen LogP contribution in [0.4, 0.5) is 11.5 Å². The highest BCUT2D eigenvalue weighted by molar-refractivity contribution is 7.99. The van der Waals surface area contributed by atoms with Crippen LogP contribution in [0.2, 0.25) is 0 Å². The van der Waals surface area contributed by atoms with E-state index in [1.165, 1.54) is 12.7 Å². The molecule has 0 aromatic carbocycles. The highest BCUT2D eigenvalue weighted by Gasteiger charge is 2.24. The monoisotopic (exact) mass is 281 g/mol. The van der Waals surface area contributed by atoms with Crippen molar-refractivity contribution in [2.24, 2.45) is 7.05 Å². The third kappa shape index (κ3) is 2.78. The van der Waals surface area contributed by atoms with E-state index in [2.05, 4.69) is 25.5 Å². The summed E-state index contributed by atoms with van der Waals surface area (Å²) in [5.74, 6) is 0.201. The fraction of sp³-hybridized carbons (Fsp3) is 0.333. The first kappa shape index (κ1) is 13.2. The molecular weight excluding hydrogens is 270 g/mol. The molecule has 19 heavy (non-hydrogen) atoms. The Kier molecular flexibility index (Phi) is 3.90. The molecule has 0 radical (unpaired) electrons. The topological polar surface area (TPSA) is 112 Å². The molecule has 0 amide bonds. The van der Waals surface area contributed by atoms with Gasteiger partial charge in [0.15, 0.2) is 10.2 Å². The van der Waals surface area contributed by atoms with Crippen molar-refractivity contribution < 1.29 is 4.92 Å². The second-order valence-electron chi connectivity index (χ2n) is 3.49. The lowest BCUT2D eigenvalue weighted by Crippen LogP contribution is -2.06. The zero-order valence-corrected chi connectivity index (χ0v) is 11.1. The van der Waals surface area contributed by atoms with Crippen molar-refractivity contribution >= 4 is 23.3 Å². The van der Waals surface area contributed by atoms with E-state index in [0.717, 1.165) is 11.8 Å². The summed E-state index contributed by atoms with van der Waals surface area (Å²) in [6, 6.07) is 0. The summed E-state index contributed by atoms with van der Waals surface area (Å²) in [7, 11) is 1.75. The Labute approximate surface area is 112 Å². The Balaban J connectivity index is 2.42. The smallest absolute Gasteiger partial charge is 0.343 e. The van der Waals surface area contributed by atoms with Gasteiger partial charge < -0.3 is 9.88 Å². The van der Waals surface area contributed by atoms with Crippen LogP contribution in [0.25, 0.3) is 0 Å². The second kappa shape index (κ2) is 5.61. The minimum absolute atomic E-state index is 0.155. The van der Waals surface area contributed by atoms with Crippen LogP contribution in [-0.4, -0.2) is 36.2 Å². The van der Waals surface area contributed by atoms with Gasteiger partial charge in [0, 0.05) is 13.6 Å². The Morgan fingerprint density at radius 3 is 2.89 bits per heavy atom. The maximum Gasteiger partial charge on any atom is 0.343 e. The lowest BCUT2D eigenvalue weighted by atomic mass is 10.5. The minimum atomic E-state index is -0.503. The molecule has 0 fully saturated rings. The predicted molar refractivity (Wildman–Crippen MR) is 68.0 cm³/mol. The van der Waals surface area contributed by atoms with E-state index in [1.54, 1.807) is 11.6 Å². The first-order valence-electron chi connectivity index (χ1n) is 5.38. The Morgan fingerprint density at radius 2 is 2.32 bits per heavy atom. The molecule has 0 saturated heterocycles. The summed E-state index contributed by atoms with van der Waals surface area (Å²) in [4.78, 5) is 18.5. The number of hydrogen-bond donors (Lipinski definition) is 1. The van der Waals surface area contributed by atoms with E-state index in [4.69, 9.17) is 0 Å². The lowest BCUT2D eigenvalue weighted by molar-refractivity contribution is -0.387. The van der Waals surface area contributed by atoms with Crippen molar-refractivity contribution in [3.05, 3.63) is 22.8 Å². The first-order chi connectivity index (χ1) is 9.13. The van der Waals surface area contributed by atoms with Crippen molar-refractivity contribution in [1.82, 2.24) is 24.7 Å². The van der Waals surface area contributed by atoms with Crippen molar-refractivity contribution in [2.75, 3.05) is 11.9 Å². The largest absolute Gasteiger partial charge is 0.364 e. The molecule has 1 N–H and O–H groups in total. The van der Waals surface area contributed by atoms with Crippen molar-refractivity contribution in [3.8, 4) is 0 Å². The van der Waals surface area contributed by atoms with Crippen LogP contribution in [0.15, 0.2) is 22.8 Å². The van der Waals surface area contributed by atoms with Crippen LogP contribution >= 0.6 is 11.8 Å². The zero-order chi connectivity index (χ0) is 13.8. The van der Waals surface area contributed by atoms with E-state index in [0.29, 0.717) is 11.7 Å². The molecule has 9 nitrogen and oxygen atoms in total. The molecule has 0 aliphatic carbocycles. The van der Waals surface area contributed by atoms with Gasteiger partial charge in [-0.05, 0) is 18.7 Å². The lowest BCUT2D eigenvalue weighted by Gasteiger charge is -2.06. The molecule has 0 unspecified atom stereocenters. The second-order valence-corrected chi connectivity index (χ2v) is 4.45. The molecule has 2 aromatic heterocycles. The summed E-state index contributed by atoms with van der Waals surface area (Å²) < 4.78 is 1.66. The molecule has 0 spiro atoms. The molecule has 0 bridgehead atoms. The molecule has 2 aromatic rings. The summed E-state index contributed by atoms with van der Waals surface area (Å²) in [5.41, 5.74) is -0.155. The van der Waals surface area contributed by atoms with Gasteiger partial charge in [0.2, 0.25) is 5.82 Å². The zero-order valence-electron chi connectivity index (χ0n) is 10.3. The van der Waals surface area contributed by atoms with Crippen LogP contribution in [0.1, 0.15) is 6.92 Å². The highest BCUT2D eigenvalue weighted by atomic mass is 32.2. The van der Waals surface area contributed by atoms with E-state index in [1.807, 2.05) is 6.92 Å². The van der Waals surface area contributed by atoms with E-state index in [9.17, 15) is 10.1 Å². The maximum atomic E-state index is 11.2. The molecular formula is C9H11N7O2S. The third-order valence-electron chi connectivity index (χ3n) is 2.17. The molecule has 2 rings (SSSR count). The number of aromatic nitrogens is 5. The highest BCUT2D eigenvalue weighted by Crippen LogP contribution is 2.35. The van der Waals surface area contributed by atoms with Crippen LogP contribution in [0.3, 0.4) is 0 Å². The predicted octanol–water partition coefficient (Wildman–Crippen LogP) is 1.10. The van der Waals surface area contributed by atoms with Gasteiger partial charge in [-0.3, -0.25) is 10.1 Å². The van der Waals surface area contributed by atoms with Crippen LogP contribution in [0, 0.1) is 10.1 Å². The number of aryl methyl sites for hydroxylation is 1. The van der Waals surface area contributed by atoms with Gasteiger partial charge in [0.25, 0.3) is 0 Å². The van der Waals surface area contributed by atoms with Crippen molar-refractivity contribution in [2.45, 2.75) is 17.1 Å². The van der Waals surface area contributed by atoms with Gasteiger partial charge in [0.05, 0.1) is 4.92 Å². The average Bonchev–Trinajstić information content (AvgIpc) is 2.75. The van der Waals surface area contributed by atoms with Gasteiger partial charge in [-0.15, -0.1) is 10.2 Å². The van der Waals surface area contributed by atoms with Crippen molar-refractivity contribution in [1.29, 1.82) is 0 Å². The van der Waals surface area contributed by atoms with E-state index in [-0.39, 0.29) is 16.5 Å². The number of nitro groups is 1. The number of nitrogens with zero attached hydrogens (tertiary/aromatic N) is 6. The molecule has 0 saturated carbocycles. The summed E-state index contributed by atoms with van der Waals surface area (Å²) in [5, 5.41) is 22.3. The fourth-order valence-electron chi connectivity index (χ4n) is 1.35. The van der Waals surface area contributed by atoms with Gasteiger partial charge in [-0.25, -0.2) is 9.97 Å². The summed E-state index contributed by atoms with van der Waals surface area (Å²) >= 11 is 1.07. The van der Waals surface area contributed by atoms with Gasteiger partial charge in [-0.2, -0.15) is 0 Å². The van der Waals surface area contributed by atoms with Crippen LogP contribution in [0.5, 0.6) is 0 Å². The van der Waals surface area contributed by atoms with Crippen LogP contribution < -0.4 is 5.32 Å². The molecule has 0 atom stereocenters. The Morgan fingerprint density at radius 1 is 1.53 bits per heavy atom. The van der Waals surface area contributed by atoms with Crippen molar-refractivity contribution in [3.63, 3.8) is 0 Å². The van der Waals surface area contributed by atoms with E-state index >= 15 is 0 Å².